The van der Waals surface area contributed by atoms with E-state index in [2.05, 4.69) is 4.98 Å². The van der Waals surface area contributed by atoms with Crippen LogP contribution in [0.25, 0.3) is 0 Å². The number of aromatic nitrogens is 1. The van der Waals surface area contributed by atoms with E-state index in [0.717, 1.165) is 36.4 Å². The molecule has 90 valence electrons. The molecule has 3 rings (SSSR count). The average Bonchev–Trinajstić information content (AvgIpc) is 2.99. The van der Waals surface area contributed by atoms with Gasteiger partial charge < -0.3 is 4.74 Å². The van der Waals surface area contributed by atoms with Gasteiger partial charge in [-0.25, -0.2) is 4.98 Å². The first-order valence-electron chi connectivity index (χ1n) is 6.39. The summed E-state index contributed by atoms with van der Waals surface area (Å²) < 4.78 is 5.76. The van der Waals surface area contributed by atoms with Crippen LogP contribution in [0.1, 0.15) is 36.2 Å². The zero-order chi connectivity index (χ0) is 11.7. The third kappa shape index (κ3) is 2.19. The van der Waals surface area contributed by atoms with E-state index in [1.165, 1.54) is 25.7 Å². The van der Waals surface area contributed by atoms with Crippen LogP contribution in [0.3, 0.4) is 0 Å². The fourth-order valence-electron chi connectivity index (χ4n) is 3.33. The molecule has 17 heavy (non-hydrogen) atoms. The average molecular weight is 231 g/mol. The highest BCUT2D eigenvalue weighted by Gasteiger charge is 2.39. The van der Waals surface area contributed by atoms with E-state index < -0.39 is 0 Å². The van der Waals surface area contributed by atoms with Crippen LogP contribution in [0.2, 0.25) is 0 Å². The number of rotatable bonds is 4. The lowest BCUT2D eigenvalue weighted by molar-refractivity contribution is 0.111. The van der Waals surface area contributed by atoms with E-state index in [0.29, 0.717) is 5.69 Å². The Kier molecular flexibility index (Phi) is 2.83. The maximum Gasteiger partial charge on any atom is 0.168 e. The van der Waals surface area contributed by atoms with Crippen LogP contribution >= 0.6 is 0 Å². The van der Waals surface area contributed by atoms with Gasteiger partial charge in [0.15, 0.2) is 6.29 Å². The molecule has 3 atom stereocenters. The largest absolute Gasteiger partial charge is 0.492 e. The van der Waals surface area contributed by atoms with E-state index in [1.807, 2.05) is 6.07 Å². The lowest BCUT2D eigenvalue weighted by Crippen LogP contribution is -2.18. The van der Waals surface area contributed by atoms with Gasteiger partial charge in [-0.1, -0.05) is 6.42 Å². The van der Waals surface area contributed by atoms with Crippen LogP contribution in [-0.2, 0) is 0 Å². The number of carbonyl (C=O) groups is 1. The van der Waals surface area contributed by atoms with Crippen molar-refractivity contribution in [3.05, 3.63) is 24.0 Å². The van der Waals surface area contributed by atoms with Gasteiger partial charge in [0.2, 0.25) is 0 Å². The molecule has 0 aliphatic heterocycles. The summed E-state index contributed by atoms with van der Waals surface area (Å²) in [6.45, 7) is 0.809. The summed E-state index contributed by atoms with van der Waals surface area (Å²) in [7, 11) is 0. The molecule has 0 spiro atoms. The number of aldehydes is 1. The number of hydrogen-bond acceptors (Lipinski definition) is 3. The van der Waals surface area contributed by atoms with Crippen molar-refractivity contribution >= 4 is 6.29 Å². The maximum atomic E-state index is 10.5. The van der Waals surface area contributed by atoms with Crippen molar-refractivity contribution in [2.45, 2.75) is 25.7 Å². The molecule has 2 saturated carbocycles. The Balaban J connectivity index is 1.55. The van der Waals surface area contributed by atoms with E-state index in [-0.39, 0.29) is 0 Å². The Morgan fingerprint density at radius 3 is 2.88 bits per heavy atom. The first-order chi connectivity index (χ1) is 8.35. The molecule has 1 aromatic rings. The molecule has 0 N–H and O–H groups in total. The number of hydrogen-bond donors (Lipinski definition) is 0. The van der Waals surface area contributed by atoms with Crippen molar-refractivity contribution in [1.82, 2.24) is 4.98 Å². The number of pyridine rings is 1. The molecule has 3 heteroatoms. The summed E-state index contributed by atoms with van der Waals surface area (Å²) in [5, 5.41) is 0. The third-order valence-corrected chi connectivity index (χ3v) is 4.23. The maximum absolute atomic E-state index is 10.5. The molecule has 0 aromatic carbocycles. The second-order valence-electron chi connectivity index (χ2n) is 5.28. The quantitative estimate of drug-likeness (QED) is 0.748. The molecule has 3 nitrogen and oxygen atoms in total. The first-order valence-corrected chi connectivity index (χ1v) is 6.39. The van der Waals surface area contributed by atoms with E-state index in [1.54, 1.807) is 12.3 Å². The lowest BCUT2D eigenvalue weighted by atomic mass is 9.90. The zero-order valence-corrected chi connectivity index (χ0v) is 9.84. The first kappa shape index (κ1) is 10.8. The minimum absolute atomic E-state index is 0.456. The smallest absolute Gasteiger partial charge is 0.168 e. The van der Waals surface area contributed by atoms with Gasteiger partial charge in [0.1, 0.15) is 11.4 Å². The lowest BCUT2D eigenvalue weighted by Gasteiger charge is -2.21. The molecule has 1 heterocycles. The van der Waals surface area contributed by atoms with Gasteiger partial charge in [-0.2, -0.15) is 0 Å². The van der Waals surface area contributed by atoms with Crippen molar-refractivity contribution in [3.8, 4) is 5.75 Å². The summed E-state index contributed by atoms with van der Waals surface area (Å²) in [5.74, 6) is 3.37. The highest BCUT2D eigenvalue weighted by molar-refractivity contribution is 5.71. The molecule has 2 aliphatic carbocycles. The Hall–Kier alpha value is -1.38. The molecule has 0 saturated heterocycles. The fourth-order valence-corrected chi connectivity index (χ4v) is 3.33. The topological polar surface area (TPSA) is 39.2 Å². The number of ether oxygens (including phenoxy) is 1. The molecule has 2 fully saturated rings. The van der Waals surface area contributed by atoms with Crippen LogP contribution in [0.15, 0.2) is 18.3 Å². The summed E-state index contributed by atoms with van der Waals surface area (Å²) in [5.41, 5.74) is 0.456. The van der Waals surface area contributed by atoms with Gasteiger partial charge in [-0.15, -0.1) is 0 Å². The molecule has 2 bridgehead atoms. The minimum atomic E-state index is 0.456. The van der Waals surface area contributed by atoms with Crippen LogP contribution < -0.4 is 4.74 Å². The highest BCUT2D eigenvalue weighted by Crippen LogP contribution is 2.48. The van der Waals surface area contributed by atoms with Gasteiger partial charge >= 0.3 is 0 Å². The van der Waals surface area contributed by atoms with Crippen LogP contribution in [0.4, 0.5) is 0 Å². The van der Waals surface area contributed by atoms with Gasteiger partial charge in [-0.05, 0) is 49.1 Å². The summed E-state index contributed by atoms with van der Waals surface area (Å²) >= 11 is 0. The Labute approximate surface area is 101 Å². The van der Waals surface area contributed by atoms with E-state index in [9.17, 15) is 4.79 Å². The fraction of sp³-hybridized carbons (Fsp3) is 0.571. The number of carbonyl (C=O) groups excluding carboxylic acids is 1. The van der Waals surface area contributed by atoms with Gasteiger partial charge in [-0.3, -0.25) is 4.79 Å². The van der Waals surface area contributed by atoms with Gasteiger partial charge in [0.25, 0.3) is 0 Å². The van der Waals surface area contributed by atoms with Crippen LogP contribution in [0.5, 0.6) is 5.75 Å². The Morgan fingerprint density at radius 1 is 1.35 bits per heavy atom. The van der Waals surface area contributed by atoms with E-state index in [4.69, 9.17) is 4.74 Å². The van der Waals surface area contributed by atoms with Crippen molar-refractivity contribution in [2.24, 2.45) is 17.8 Å². The zero-order valence-electron chi connectivity index (χ0n) is 9.84. The summed E-state index contributed by atoms with van der Waals surface area (Å²) in [4.78, 5) is 14.5. The van der Waals surface area contributed by atoms with Gasteiger partial charge in [0.05, 0.1) is 12.8 Å². The summed E-state index contributed by atoms with van der Waals surface area (Å²) in [6.07, 6.45) is 7.95. The SMILES string of the molecule is O=Cc1ccc(OCC2CC3CCC2C3)cn1. The highest BCUT2D eigenvalue weighted by atomic mass is 16.5. The van der Waals surface area contributed by atoms with Crippen molar-refractivity contribution in [3.63, 3.8) is 0 Å². The van der Waals surface area contributed by atoms with Crippen LogP contribution in [0, 0.1) is 17.8 Å². The van der Waals surface area contributed by atoms with Gasteiger partial charge in [0, 0.05) is 0 Å². The standard InChI is InChI=1S/C14H17NO2/c16-8-13-3-4-14(7-15-13)17-9-12-6-10-1-2-11(12)5-10/h3-4,7-8,10-12H,1-2,5-6,9H2. The molecule has 1 aromatic heterocycles. The molecule has 3 unspecified atom stereocenters. The normalized spacial score (nSPS) is 30.5. The molecular weight excluding hydrogens is 214 g/mol. The van der Waals surface area contributed by atoms with Crippen LogP contribution in [-0.4, -0.2) is 17.9 Å². The third-order valence-electron chi connectivity index (χ3n) is 4.23. The Bertz CT molecular complexity index is 401. The Morgan fingerprint density at radius 2 is 2.29 bits per heavy atom. The molecule has 0 amide bonds. The molecular formula is C14H17NO2. The monoisotopic (exact) mass is 231 g/mol. The predicted molar refractivity (Wildman–Crippen MR) is 64.1 cm³/mol. The van der Waals surface area contributed by atoms with Crippen molar-refractivity contribution in [1.29, 1.82) is 0 Å². The summed E-state index contributed by atoms with van der Waals surface area (Å²) in [6, 6.07) is 3.52. The second kappa shape index (κ2) is 4.47. The van der Waals surface area contributed by atoms with E-state index >= 15 is 0 Å². The molecule has 0 radical (unpaired) electrons. The predicted octanol–water partition coefficient (Wildman–Crippen LogP) is 2.71. The number of nitrogens with zero attached hydrogens (tertiary/aromatic N) is 1. The minimum Gasteiger partial charge on any atom is -0.492 e. The van der Waals surface area contributed by atoms with Crippen molar-refractivity contribution < 1.29 is 9.53 Å². The number of fused-ring (bicyclic) bond motifs is 2. The molecule has 2 aliphatic rings. The van der Waals surface area contributed by atoms with Crippen molar-refractivity contribution in [2.75, 3.05) is 6.61 Å². The second-order valence-corrected chi connectivity index (χ2v) is 5.28.